The summed E-state index contributed by atoms with van der Waals surface area (Å²) in [6.45, 7) is 2.19. The van der Waals surface area contributed by atoms with Gasteiger partial charge in [-0.3, -0.25) is 9.78 Å². The molecule has 0 N–H and O–H groups in total. The zero-order chi connectivity index (χ0) is 25.0. The topological polar surface area (TPSA) is 133 Å². The molecule has 0 unspecified atom stereocenters. The number of benzene rings is 2. The largest absolute Gasteiger partial charge is 1.00 e. The standard InChI is InChI=1S/C24H34O8S2.2Na/c1-2-3-4-5-6-7-8-9-10-12-15-20-18-19-22(33(25,26)27)24(34(28,29)30)23(20)32-31-21-16-13-11-14-17-21;;/h11,13-14,16-19H,2-10,12,15H2,1H3,(H,25,26,27)(H,28,29,30);;/q;2*+1/p-2. The minimum absolute atomic E-state index is 0. The molecule has 2 aromatic rings. The first-order chi connectivity index (χ1) is 16.1. The van der Waals surface area contributed by atoms with Crippen molar-refractivity contribution in [2.75, 3.05) is 0 Å². The molecule has 0 heterocycles. The quantitative estimate of drug-likeness (QED) is 0.0872. The van der Waals surface area contributed by atoms with Crippen LogP contribution in [0.15, 0.2) is 52.3 Å². The molecule has 0 aromatic heterocycles. The number of rotatable bonds is 16. The Morgan fingerprint density at radius 1 is 0.667 bits per heavy atom. The normalized spacial score (nSPS) is 11.3. The first-order valence-electron chi connectivity index (χ1n) is 11.6. The fourth-order valence-corrected chi connectivity index (χ4v) is 5.55. The minimum Gasteiger partial charge on any atom is -0.744 e. The first-order valence-corrected chi connectivity index (χ1v) is 14.4. The molecular weight excluding hydrogens is 526 g/mol. The van der Waals surface area contributed by atoms with Gasteiger partial charge in [0.05, 0.1) is 4.90 Å². The van der Waals surface area contributed by atoms with Gasteiger partial charge in [-0.05, 0) is 31.0 Å². The van der Waals surface area contributed by atoms with E-state index in [1.54, 1.807) is 18.2 Å². The van der Waals surface area contributed by atoms with Crippen LogP contribution < -0.4 is 68.9 Å². The van der Waals surface area contributed by atoms with E-state index in [0.717, 1.165) is 31.7 Å². The molecule has 0 saturated heterocycles. The van der Waals surface area contributed by atoms with Gasteiger partial charge in [-0.2, -0.15) is 0 Å². The van der Waals surface area contributed by atoms with Crippen molar-refractivity contribution in [2.45, 2.75) is 87.3 Å². The van der Waals surface area contributed by atoms with E-state index in [0.29, 0.717) is 12.8 Å². The molecule has 0 atom stereocenters. The molecule has 0 radical (unpaired) electrons. The Kier molecular flexibility index (Phi) is 18.1. The Bertz CT molecular complexity index is 1110. The average Bonchev–Trinajstić information content (AvgIpc) is 2.78. The van der Waals surface area contributed by atoms with Gasteiger partial charge >= 0.3 is 59.1 Å². The van der Waals surface area contributed by atoms with Crippen molar-refractivity contribution in [3.63, 3.8) is 0 Å². The van der Waals surface area contributed by atoms with Crippen LogP contribution in [0, 0.1) is 0 Å². The van der Waals surface area contributed by atoms with Crippen molar-refractivity contribution >= 4 is 20.2 Å². The molecule has 0 aliphatic rings. The molecule has 12 heteroatoms. The summed E-state index contributed by atoms with van der Waals surface area (Å²) in [5, 5.41) is 0. The molecule has 190 valence electrons. The van der Waals surface area contributed by atoms with Crippen molar-refractivity contribution in [3.05, 3.63) is 48.0 Å². The van der Waals surface area contributed by atoms with E-state index >= 15 is 0 Å². The smallest absolute Gasteiger partial charge is 0.744 e. The molecule has 2 rings (SSSR count). The Balaban J connectivity index is 0.00000612. The molecule has 0 saturated carbocycles. The van der Waals surface area contributed by atoms with Gasteiger partial charge in [0.15, 0.2) is 5.75 Å². The van der Waals surface area contributed by atoms with Crippen LogP contribution in [0.25, 0.3) is 0 Å². The molecule has 0 aliphatic heterocycles. The number of hydrogen-bond acceptors (Lipinski definition) is 8. The number of hydrogen-bond donors (Lipinski definition) is 0. The van der Waals surface area contributed by atoms with E-state index in [2.05, 4.69) is 6.92 Å². The Labute approximate surface area is 259 Å². The van der Waals surface area contributed by atoms with E-state index in [4.69, 9.17) is 9.78 Å². The molecule has 8 nitrogen and oxygen atoms in total. The maximum absolute atomic E-state index is 11.9. The summed E-state index contributed by atoms with van der Waals surface area (Å²) in [5.74, 6) is -0.358. The predicted octanol–water partition coefficient (Wildman–Crippen LogP) is -0.661. The van der Waals surface area contributed by atoms with Crippen molar-refractivity contribution in [3.8, 4) is 11.5 Å². The molecule has 0 bridgehead atoms. The molecular formula is C24H32Na2O8S2. The second kappa shape index (κ2) is 18.2. The molecule has 2 aromatic carbocycles. The summed E-state index contributed by atoms with van der Waals surface area (Å²) in [7, 11) is -10.6. The second-order valence-corrected chi connectivity index (χ2v) is 10.9. The molecule has 0 amide bonds. The number of para-hydroxylation sites is 1. The third-order valence-corrected chi connectivity index (χ3v) is 7.35. The summed E-state index contributed by atoms with van der Waals surface area (Å²) >= 11 is 0. The maximum Gasteiger partial charge on any atom is 1.00 e. The number of unbranched alkanes of at least 4 members (excludes halogenated alkanes) is 9. The van der Waals surface area contributed by atoms with Crippen molar-refractivity contribution in [1.29, 1.82) is 0 Å². The maximum atomic E-state index is 11.9. The zero-order valence-corrected chi connectivity index (χ0v) is 27.0. The Morgan fingerprint density at radius 3 is 1.69 bits per heavy atom. The van der Waals surface area contributed by atoms with Crippen molar-refractivity contribution < 1.29 is 94.8 Å². The fraction of sp³-hybridized carbons (Fsp3) is 0.500. The van der Waals surface area contributed by atoms with Gasteiger partial charge in [-0.1, -0.05) is 89.0 Å². The summed E-state index contributed by atoms with van der Waals surface area (Å²) in [6, 6.07) is 10.2. The average molecular weight is 559 g/mol. The van der Waals surface area contributed by atoms with Gasteiger partial charge < -0.3 is 9.11 Å². The number of aryl methyl sites for hydroxylation is 1. The Hall–Kier alpha value is -0.140. The predicted molar refractivity (Wildman–Crippen MR) is 126 cm³/mol. The summed E-state index contributed by atoms with van der Waals surface area (Å²) in [6.07, 6.45) is 11.3. The summed E-state index contributed by atoms with van der Waals surface area (Å²) in [5.41, 5.74) is 0.275. The van der Waals surface area contributed by atoms with Gasteiger partial charge in [0, 0.05) is 5.56 Å². The Morgan fingerprint density at radius 2 is 1.19 bits per heavy atom. The van der Waals surface area contributed by atoms with Crippen molar-refractivity contribution in [1.82, 2.24) is 0 Å². The van der Waals surface area contributed by atoms with Gasteiger partial charge in [-0.15, -0.1) is 0 Å². The van der Waals surface area contributed by atoms with Crippen LogP contribution in [0.1, 0.15) is 76.7 Å². The van der Waals surface area contributed by atoms with E-state index in [1.807, 2.05) is 0 Å². The third kappa shape index (κ3) is 12.6. The second-order valence-electron chi connectivity index (χ2n) is 8.20. The third-order valence-electron chi connectivity index (χ3n) is 5.44. The van der Waals surface area contributed by atoms with Crippen LogP contribution in [0.5, 0.6) is 11.5 Å². The van der Waals surface area contributed by atoms with E-state index in [9.17, 15) is 25.9 Å². The first kappa shape index (κ1) is 35.9. The monoisotopic (exact) mass is 558 g/mol. The summed E-state index contributed by atoms with van der Waals surface area (Å²) in [4.78, 5) is 7.94. The SMILES string of the molecule is CCCCCCCCCCCCc1ccc(S(=O)(=O)[O-])c(S(=O)(=O)[O-])c1OOc1ccccc1.[Na+].[Na+]. The molecule has 0 aliphatic carbocycles. The summed E-state index contributed by atoms with van der Waals surface area (Å²) < 4.78 is 70.7. The van der Waals surface area contributed by atoms with E-state index in [-0.39, 0.29) is 70.4 Å². The van der Waals surface area contributed by atoms with E-state index in [1.165, 1.54) is 50.3 Å². The van der Waals surface area contributed by atoms with Crippen LogP contribution in [0.4, 0.5) is 0 Å². The van der Waals surface area contributed by atoms with Gasteiger partial charge in [0.25, 0.3) is 0 Å². The zero-order valence-electron chi connectivity index (χ0n) is 21.4. The molecule has 0 spiro atoms. The van der Waals surface area contributed by atoms with Crippen LogP contribution in [-0.4, -0.2) is 25.9 Å². The van der Waals surface area contributed by atoms with Crippen LogP contribution in [0.3, 0.4) is 0 Å². The van der Waals surface area contributed by atoms with Crippen LogP contribution in [0.2, 0.25) is 0 Å². The minimum atomic E-state index is -5.36. The molecule has 0 fully saturated rings. The van der Waals surface area contributed by atoms with Gasteiger partial charge in [0.2, 0.25) is 5.75 Å². The van der Waals surface area contributed by atoms with Crippen LogP contribution in [-0.2, 0) is 26.7 Å². The van der Waals surface area contributed by atoms with Crippen LogP contribution >= 0.6 is 0 Å². The van der Waals surface area contributed by atoms with Gasteiger partial charge in [0.1, 0.15) is 25.1 Å². The van der Waals surface area contributed by atoms with Gasteiger partial charge in [-0.25, -0.2) is 16.8 Å². The van der Waals surface area contributed by atoms with Crippen molar-refractivity contribution in [2.24, 2.45) is 0 Å². The molecule has 36 heavy (non-hydrogen) atoms. The fourth-order valence-electron chi connectivity index (χ4n) is 3.68. The van der Waals surface area contributed by atoms with E-state index < -0.39 is 35.8 Å².